The topological polar surface area (TPSA) is 126 Å². The van der Waals surface area contributed by atoms with Crippen molar-refractivity contribution in [3.05, 3.63) is 124 Å². The minimum absolute atomic E-state index is 0.0524. The SMILES string of the molecule is CCOC(=O)C1=C(C)N=c2s/c(=C/c3ccc(-c4ccc([N+](=O)[O-])cc4Br)o3)c(=O)n2[C@@H]1c1c(OC)ccc2ccccc12. The normalized spacial score (nSPS) is 14.8. The van der Waals surface area contributed by atoms with E-state index in [0.717, 1.165) is 10.8 Å². The number of non-ortho nitro benzene ring substituents is 1. The Kier molecular flexibility index (Phi) is 7.78. The number of nitro benzene ring substituents is 1. The molecule has 1 aliphatic rings. The Bertz CT molecular complexity index is 2200. The van der Waals surface area contributed by atoms with Crippen LogP contribution in [0.5, 0.6) is 5.75 Å². The summed E-state index contributed by atoms with van der Waals surface area (Å²) < 4.78 is 19.6. The summed E-state index contributed by atoms with van der Waals surface area (Å²) in [6, 6.07) is 18.4. The molecule has 0 unspecified atom stereocenters. The standard InChI is InChI=1S/C32H24BrN3O7S/c1-4-42-31(38)27-17(2)34-32-35(29(27)28-21-8-6-5-7-18(21)9-13-25(28)41-3)30(37)26(44-32)16-20-11-14-24(43-20)22-12-10-19(36(39)40)15-23(22)33/h5-16,29H,4H2,1-3H3/b26-16+/t29-/m0/s1. The first-order valence-corrected chi connectivity index (χ1v) is 15.1. The first kappa shape index (κ1) is 29.3. The summed E-state index contributed by atoms with van der Waals surface area (Å²) in [5.74, 6) is 0.817. The number of thiazole rings is 1. The summed E-state index contributed by atoms with van der Waals surface area (Å²) in [6.07, 6.45) is 1.62. The van der Waals surface area contributed by atoms with E-state index in [0.29, 0.717) is 47.9 Å². The molecule has 0 saturated heterocycles. The molecule has 3 aromatic carbocycles. The van der Waals surface area contributed by atoms with Gasteiger partial charge < -0.3 is 13.9 Å². The Labute approximate surface area is 262 Å². The number of ether oxygens (including phenoxy) is 2. The number of carbonyl (C=O) groups excluding carboxylic acids is 1. The number of benzene rings is 3. The van der Waals surface area contributed by atoms with Crippen LogP contribution >= 0.6 is 27.3 Å². The number of fused-ring (bicyclic) bond motifs is 2. The molecule has 3 heterocycles. The number of allylic oxidation sites excluding steroid dienone is 1. The van der Waals surface area contributed by atoms with Crippen molar-refractivity contribution >= 4 is 55.8 Å². The fourth-order valence-electron chi connectivity index (χ4n) is 5.32. The number of hydrogen-bond donors (Lipinski definition) is 0. The van der Waals surface area contributed by atoms with E-state index in [1.54, 1.807) is 45.2 Å². The molecule has 6 rings (SSSR count). The molecule has 0 spiro atoms. The number of carbonyl (C=O) groups is 1. The largest absolute Gasteiger partial charge is 0.496 e. The molecule has 0 amide bonds. The second-order valence-electron chi connectivity index (χ2n) is 9.83. The van der Waals surface area contributed by atoms with Gasteiger partial charge in [-0.2, -0.15) is 0 Å². The maximum atomic E-state index is 14.2. The van der Waals surface area contributed by atoms with Crippen molar-refractivity contribution in [3.63, 3.8) is 0 Å². The smallest absolute Gasteiger partial charge is 0.338 e. The van der Waals surface area contributed by atoms with Gasteiger partial charge in [0.25, 0.3) is 11.2 Å². The minimum atomic E-state index is -0.864. The molecule has 2 aromatic heterocycles. The summed E-state index contributed by atoms with van der Waals surface area (Å²) in [7, 11) is 1.55. The summed E-state index contributed by atoms with van der Waals surface area (Å²) in [5.41, 5.74) is 1.55. The number of esters is 1. The third-order valence-electron chi connectivity index (χ3n) is 7.27. The number of hydrogen-bond acceptors (Lipinski definition) is 9. The zero-order chi connectivity index (χ0) is 31.1. The van der Waals surface area contributed by atoms with E-state index in [-0.39, 0.29) is 23.4 Å². The van der Waals surface area contributed by atoms with Crippen LogP contribution in [0, 0.1) is 10.1 Å². The molecule has 12 heteroatoms. The fraction of sp³-hybridized carbons (Fsp3) is 0.156. The number of halogens is 1. The lowest BCUT2D eigenvalue weighted by atomic mass is 9.90. The molecule has 44 heavy (non-hydrogen) atoms. The second-order valence-corrected chi connectivity index (χ2v) is 11.7. The van der Waals surface area contributed by atoms with Crippen molar-refractivity contribution in [2.75, 3.05) is 13.7 Å². The van der Waals surface area contributed by atoms with Crippen molar-refractivity contribution in [2.24, 2.45) is 4.99 Å². The summed E-state index contributed by atoms with van der Waals surface area (Å²) in [5, 5.41) is 12.9. The van der Waals surface area contributed by atoms with Gasteiger partial charge >= 0.3 is 5.97 Å². The van der Waals surface area contributed by atoms with Gasteiger partial charge in [0.05, 0.1) is 34.4 Å². The third-order valence-corrected chi connectivity index (χ3v) is 8.91. The number of nitro groups is 1. The van der Waals surface area contributed by atoms with Gasteiger partial charge in [-0.15, -0.1) is 0 Å². The molecule has 0 radical (unpaired) electrons. The Morgan fingerprint density at radius 3 is 2.70 bits per heavy atom. The molecule has 1 atom stereocenters. The van der Waals surface area contributed by atoms with Crippen molar-refractivity contribution in [1.82, 2.24) is 4.57 Å². The molecule has 1 aliphatic heterocycles. The second kappa shape index (κ2) is 11.7. The van der Waals surface area contributed by atoms with Gasteiger partial charge in [-0.3, -0.25) is 19.5 Å². The Morgan fingerprint density at radius 1 is 1.18 bits per heavy atom. The average Bonchev–Trinajstić information content (AvgIpc) is 3.59. The van der Waals surface area contributed by atoms with Crippen LogP contribution in [0.4, 0.5) is 5.69 Å². The lowest BCUT2D eigenvalue weighted by molar-refractivity contribution is -0.384. The Balaban J connectivity index is 1.53. The van der Waals surface area contributed by atoms with E-state index in [1.807, 2.05) is 36.4 Å². The number of nitrogens with zero attached hydrogens (tertiary/aromatic N) is 3. The minimum Gasteiger partial charge on any atom is -0.496 e. The summed E-state index contributed by atoms with van der Waals surface area (Å²) in [4.78, 5) is 43.3. The van der Waals surface area contributed by atoms with Crippen LogP contribution in [0.1, 0.15) is 31.2 Å². The van der Waals surface area contributed by atoms with Crippen LogP contribution in [0.2, 0.25) is 0 Å². The molecular formula is C32H24BrN3O7S. The molecular weight excluding hydrogens is 650 g/mol. The van der Waals surface area contributed by atoms with Gasteiger partial charge in [0.15, 0.2) is 4.80 Å². The number of rotatable bonds is 7. The highest BCUT2D eigenvalue weighted by Gasteiger charge is 2.36. The van der Waals surface area contributed by atoms with E-state index >= 15 is 0 Å². The molecule has 0 aliphatic carbocycles. The molecule has 222 valence electrons. The molecule has 0 saturated carbocycles. The highest BCUT2D eigenvalue weighted by atomic mass is 79.9. The quantitative estimate of drug-likeness (QED) is 0.120. The predicted molar refractivity (Wildman–Crippen MR) is 169 cm³/mol. The van der Waals surface area contributed by atoms with Crippen molar-refractivity contribution in [1.29, 1.82) is 0 Å². The third kappa shape index (κ3) is 5.05. The highest BCUT2D eigenvalue weighted by Crippen LogP contribution is 2.40. The van der Waals surface area contributed by atoms with E-state index in [1.165, 1.54) is 28.0 Å². The van der Waals surface area contributed by atoms with Crippen LogP contribution in [-0.2, 0) is 9.53 Å². The number of methoxy groups -OCH3 is 1. The monoisotopic (exact) mass is 673 g/mol. The van der Waals surface area contributed by atoms with Gasteiger partial charge in [-0.05, 0) is 64.8 Å². The maximum absolute atomic E-state index is 14.2. The summed E-state index contributed by atoms with van der Waals surface area (Å²) >= 11 is 4.55. The molecule has 0 fully saturated rings. The summed E-state index contributed by atoms with van der Waals surface area (Å²) in [6.45, 7) is 3.61. The first-order chi connectivity index (χ1) is 21.2. The molecule has 0 N–H and O–H groups in total. The number of aromatic nitrogens is 1. The van der Waals surface area contributed by atoms with Crippen LogP contribution in [-0.4, -0.2) is 29.2 Å². The lowest BCUT2D eigenvalue weighted by Crippen LogP contribution is -2.40. The van der Waals surface area contributed by atoms with Gasteiger partial charge in [0.2, 0.25) is 0 Å². The van der Waals surface area contributed by atoms with Gasteiger partial charge in [-0.1, -0.05) is 41.7 Å². The van der Waals surface area contributed by atoms with Crippen molar-refractivity contribution in [2.45, 2.75) is 19.9 Å². The van der Waals surface area contributed by atoms with Crippen LogP contribution in [0.3, 0.4) is 0 Å². The van der Waals surface area contributed by atoms with Gasteiger partial charge in [-0.25, -0.2) is 9.79 Å². The molecule has 5 aromatic rings. The van der Waals surface area contributed by atoms with E-state index in [2.05, 4.69) is 20.9 Å². The first-order valence-electron chi connectivity index (χ1n) is 13.5. The van der Waals surface area contributed by atoms with Crippen molar-refractivity contribution < 1.29 is 23.6 Å². The zero-order valence-corrected chi connectivity index (χ0v) is 26.1. The zero-order valence-electron chi connectivity index (χ0n) is 23.7. The Morgan fingerprint density at radius 2 is 1.98 bits per heavy atom. The van der Waals surface area contributed by atoms with E-state index in [9.17, 15) is 19.7 Å². The van der Waals surface area contributed by atoms with Crippen LogP contribution in [0.15, 0.2) is 96.7 Å². The number of furan rings is 1. The Hall–Kier alpha value is -4.81. The van der Waals surface area contributed by atoms with Crippen LogP contribution in [0.25, 0.3) is 28.2 Å². The average molecular weight is 675 g/mol. The highest BCUT2D eigenvalue weighted by molar-refractivity contribution is 9.10. The fourth-order valence-corrected chi connectivity index (χ4v) is 6.91. The van der Waals surface area contributed by atoms with Gasteiger partial charge in [0, 0.05) is 33.8 Å². The van der Waals surface area contributed by atoms with Gasteiger partial charge in [0.1, 0.15) is 23.3 Å². The van der Waals surface area contributed by atoms with Crippen LogP contribution < -0.4 is 19.6 Å². The van der Waals surface area contributed by atoms with Crippen molar-refractivity contribution in [3.8, 4) is 17.1 Å². The maximum Gasteiger partial charge on any atom is 0.338 e. The molecule has 0 bridgehead atoms. The molecule has 10 nitrogen and oxygen atoms in total. The van der Waals surface area contributed by atoms with E-state index < -0.39 is 16.9 Å². The van der Waals surface area contributed by atoms with E-state index in [4.69, 9.17) is 13.9 Å². The lowest BCUT2D eigenvalue weighted by Gasteiger charge is -2.27. The predicted octanol–water partition coefficient (Wildman–Crippen LogP) is 5.89.